The lowest BCUT2D eigenvalue weighted by molar-refractivity contribution is 0.0697. The number of hydrogen-bond donors (Lipinski definition) is 2. The third kappa shape index (κ3) is 4.10. The summed E-state index contributed by atoms with van der Waals surface area (Å²) in [5, 5.41) is 13.4. The normalized spacial score (nSPS) is 17.6. The SMILES string of the molecule is Cc1cc(N2C(=S)N[C@@H](c3ccccn3)[C@@H]2c2ccc(-c3cccc(C(=O)O)c3)o2)ccc1Br. The lowest BCUT2D eigenvalue weighted by Gasteiger charge is -2.26. The monoisotopic (exact) mass is 533 g/mol. The van der Waals surface area contributed by atoms with Gasteiger partial charge in [0.15, 0.2) is 5.11 Å². The minimum absolute atomic E-state index is 0.206. The smallest absolute Gasteiger partial charge is 0.335 e. The van der Waals surface area contributed by atoms with Gasteiger partial charge in [-0.1, -0.05) is 34.1 Å². The Kier molecular flexibility index (Phi) is 5.93. The molecule has 2 N–H and O–H groups in total. The first-order valence-corrected chi connectivity index (χ1v) is 11.8. The van der Waals surface area contributed by atoms with Gasteiger partial charge in [0.05, 0.1) is 17.3 Å². The van der Waals surface area contributed by atoms with Crippen LogP contribution < -0.4 is 10.2 Å². The van der Waals surface area contributed by atoms with Gasteiger partial charge in [0.2, 0.25) is 0 Å². The number of aryl methyl sites for hydroxylation is 1. The molecule has 0 bridgehead atoms. The van der Waals surface area contributed by atoms with Crippen LogP contribution in [0.2, 0.25) is 0 Å². The number of hydrogen-bond acceptors (Lipinski definition) is 4. The Hall–Kier alpha value is -3.49. The molecule has 2 aromatic heterocycles. The van der Waals surface area contributed by atoms with Crippen LogP contribution in [0.1, 0.15) is 39.5 Å². The van der Waals surface area contributed by atoms with Crippen molar-refractivity contribution in [1.82, 2.24) is 10.3 Å². The number of benzene rings is 2. The van der Waals surface area contributed by atoms with Crippen molar-refractivity contribution in [3.63, 3.8) is 0 Å². The molecule has 5 rings (SSSR count). The average molecular weight is 534 g/mol. The molecule has 0 aliphatic carbocycles. The van der Waals surface area contributed by atoms with Gasteiger partial charge in [-0.3, -0.25) is 4.98 Å². The summed E-state index contributed by atoms with van der Waals surface area (Å²) in [4.78, 5) is 18.0. The molecule has 6 nitrogen and oxygen atoms in total. The summed E-state index contributed by atoms with van der Waals surface area (Å²) in [6.07, 6.45) is 1.76. The van der Waals surface area contributed by atoms with Crippen molar-refractivity contribution in [3.05, 3.63) is 106 Å². The molecule has 0 spiro atoms. The molecular weight excluding hydrogens is 514 g/mol. The molecule has 3 heterocycles. The third-order valence-electron chi connectivity index (χ3n) is 5.83. The van der Waals surface area contributed by atoms with E-state index in [0.717, 1.165) is 21.4 Å². The Balaban J connectivity index is 1.60. The minimum atomic E-state index is -0.981. The maximum Gasteiger partial charge on any atom is 0.335 e. The quantitative estimate of drug-likeness (QED) is 0.292. The zero-order chi connectivity index (χ0) is 23.8. The average Bonchev–Trinajstić information content (AvgIpc) is 3.46. The van der Waals surface area contributed by atoms with Crippen molar-refractivity contribution in [2.75, 3.05) is 4.90 Å². The highest BCUT2D eigenvalue weighted by Crippen LogP contribution is 2.43. The van der Waals surface area contributed by atoms with E-state index < -0.39 is 5.97 Å². The summed E-state index contributed by atoms with van der Waals surface area (Å²) in [5.41, 5.74) is 3.77. The number of rotatable bonds is 5. The van der Waals surface area contributed by atoms with Crippen LogP contribution >= 0.6 is 28.1 Å². The standard InChI is InChI=1S/C26H20BrN3O3S/c1-15-13-18(8-9-19(15)27)30-24(23(29-26(30)34)20-7-2-3-12-28-20)22-11-10-21(33-22)16-5-4-6-17(14-16)25(31)32/h2-14,23-24H,1H3,(H,29,34)(H,31,32)/t23-,24-/m0/s1. The van der Waals surface area contributed by atoms with Crippen LogP contribution in [0.15, 0.2) is 87.9 Å². The maximum atomic E-state index is 11.4. The van der Waals surface area contributed by atoms with Gasteiger partial charge in [-0.15, -0.1) is 0 Å². The van der Waals surface area contributed by atoms with Gasteiger partial charge in [-0.25, -0.2) is 4.79 Å². The van der Waals surface area contributed by atoms with E-state index in [4.69, 9.17) is 16.6 Å². The van der Waals surface area contributed by atoms with Crippen LogP contribution in [-0.2, 0) is 0 Å². The largest absolute Gasteiger partial charge is 0.478 e. The molecular formula is C26H20BrN3O3S. The third-order valence-corrected chi connectivity index (χ3v) is 7.03. The second-order valence-electron chi connectivity index (χ2n) is 8.02. The number of nitrogens with zero attached hydrogens (tertiary/aromatic N) is 2. The van der Waals surface area contributed by atoms with Gasteiger partial charge in [-0.05, 0) is 79.3 Å². The Morgan fingerprint density at radius 3 is 2.71 bits per heavy atom. The molecule has 0 amide bonds. The van der Waals surface area contributed by atoms with E-state index in [9.17, 15) is 9.90 Å². The molecule has 1 saturated heterocycles. The Labute approximate surface area is 210 Å². The van der Waals surface area contributed by atoms with Crippen molar-refractivity contribution in [1.29, 1.82) is 0 Å². The molecule has 0 saturated carbocycles. The summed E-state index contributed by atoms with van der Waals surface area (Å²) in [5.74, 6) is 0.299. The van der Waals surface area contributed by atoms with E-state index in [1.54, 1.807) is 24.4 Å². The number of furan rings is 1. The van der Waals surface area contributed by atoms with E-state index in [0.29, 0.717) is 22.2 Å². The van der Waals surface area contributed by atoms with Gasteiger partial charge < -0.3 is 19.7 Å². The first-order chi connectivity index (χ1) is 16.4. The van der Waals surface area contributed by atoms with Gasteiger partial charge >= 0.3 is 5.97 Å². The Morgan fingerprint density at radius 2 is 1.97 bits per heavy atom. The van der Waals surface area contributed by atoms with E-state index >= 15 is 0 Å². The summed E-state index contributed by atoms with van der Waals surface area (Å²) < 4.78 is 7.34. The van der Waals surface area contributed by atoms with Crippen molar-refractivity contribution in [2.45, 2.75) is 19.0 Å². The van der Waals surface area contributed by atoms with Crippen LogP contribution in [0, 0.1) is 6.92 Å². The fourth-order valence-electron chi connectivity index (χ4n) is 4.17. The minimum Gasteiger partial charge on any atom is -0.478 e. The summed E-state index contributed by atoms with van der Waals surface area (Å²) in [6.45, 7) is 2.03. The van der Waals surface area contributed by atoms with Gasteiger partial charge in [0.25, 0.3) is 0 Å². The summed E-state index contributed by atoms with van der Waals surface area (Å²) in [6, 6.07) is 21.8. The van der Waals surface area contributed by atoms with E-state index in [1.807, 2.05) is 60.4 Å². The molecule has 34 heavy (non-hydrogen) atoms. The van der Waals surface area contributed by atoms with Crippen molar-refractivity contribution < 1.29 is 14.3 Å². The fraction of sp³-hybridized carbons (Fsp3) is 0.115. The van der Waals surface area contributed by atoms with Crippen molar-refractivity contribution in [3.8, 4) is 11.3 Å². The predicted octanol–water partition coefficient (Wildman–Crippen LogP) is 6.29. The van der Waals surface area contributed by atoms with E-state index in [2.05, 4.69) is 32.3 Å². The molecule has 170 valence electrons. The highest BCUT2D eigenvalue weighted by molar-refractivity contribution is 9.10. The van der Waals surface area contributed by atoms with Crippen LogP contribution in [0.3, 0.4) is 0 Å². The molecule has 2 atom stereocenters. The Bertz CT molecular complexity index is 1390. The number of halogens is 1. The fourth-order valence-corrected chi connectivity index (χ4v) is 4.77. The molecule has 1 aliphatic rings. The second kappa shape index (κ2) is 9.04. The lowest BCUT2D eigenvalue weighted by atomic mass is 10.0. The van der Waals surface area contributed by atoms with Gasteiger partial charge in [0.1, 0.15) is 17.6 Å². The summed E-state index contributed by atoms with van der Waals surface area (Å²) in [7, 11) is 0. The van der Waals surface area contributed by atoms with Crippen LogP contribution in [0.25, 0.3) is 11.3 Å². The predicted molar refractivity (Wildman–Crippen MR) is 138 cm³/mol. The van der Waals surface area contributed by atoms with Crippen LogP contribution in [0.4, 0.5) is 5.69 Å². The summed E-state index contributed by atoms with van der Waals surface area (Å²) >= 11 is 9.34. The number of aromatic nitrogens is 1. The zero-order valence-electron chi connectivity index (χ0n) is 18.1. The number of anilines is 1. The molecule has 0 unspecified atom stereocenters. The first kappa shape index (κ1) is 22.3. The van der Waals surface area contributed by atoms with Gasteiger partial charge in [0, 0.05) is 21.9 Å². The number of carboxylic acids is 1. The molecule has 0 radical (unpaired) electrons. The number of aromatic carboxylic acids is 1. The number of thiocarbonyl (C=S) groups is 1. The lowest BCUT2D eigenvalue weighted by Crippen LogP contribution is -2.29. The highest BCUT2D eigenvalue weighted by Gasteiger charge is 2.42. The Morgan fingerprint density at radius 1 is 1.12 bits per heavy atom. The number of carboxylic acid groups (broad SMARTS) is 1. The van der Waals surface area contributed by atoms with Crippen molar-refractivity contribution >= 4 is 44.9 Å². The van der Waals surface area contributed by atoms with Crippen LogP contribution in [0.5, 0.6) is 0 Å². The van der Waals surface area contributed by atoms with E-state index in [-0.39, 0.29) is 17.6 Å². The second-order valence-corrected chi connectivity index (χ2v) is 9.26. The van der Waals surface area contributed by atoms with Crippen LogP contribution in [-0.4, -0.2) is 21.2 Å². The zero-order valence-corrected chi connectivity index (χ0v) is 20.5. The number of nitrogens with one attached hydrogen (secondary N) is 1. The van der Waals surface area contributed by atoms with Gasteiger partial charge in [-0.2, -0.15) is 0 Å². The molecule has 4 aromatic rings. The number of pyridine rings is 1. The topological polar surface area (TPSA) is 78.6 Å². The molecule has 2 aromatic carbocycles. The number of carbonyl (C=O) groups is 1. The van der Waals surface area contributed by atoms with E-state index in [1.165, 1.54) is 0 Å². The first-order valence-electron chi connectivity index (χ1n) is 10.6. The highest BCUT2D eigenvalue weighted by atomic mass is 79.9. The molecule has 1 aliphatic heterocycles. The molecule has 8 heteroatoms. The molecule has 1 fully saturated rings. The maximum absolute atomic E-state index is 11.4. The van der Waals surface area contributed by atoms with Crippen molar-refractivity contribution in [2.24, 2.45) is 0 Å².